The minimum absolute atomic E-state index is 0.0705. The number of nitrogens with one attached hydrogen (secondary N) is 5. The number of carbonyl (C=O) groups excluding carboxylic acids is 4. The van der Waals surface area contributed by atoms with Gasteiger partial charge in [0.05, 0.1) is 11.3 Å². The highest BCUT2D eigenvalue weighted by molar-refractivity contribution is 6.01. The molecule has 0 bridgehead atoms. The standard InChI is InChI=1S/C43H51F3N8O4/c44-43(45,46)35-15-9-8-12-32(35)29-48-42(58)50-38-28-37(52-54(38)34-13-6-5-7-14-34)40(56)47-24-10-3-1-2-4-11-25-53-26-22-31(23-27-53)30-16-18-33(19-17-30)49-36-20-21-39(55)51-41(36)57/h5-9,12-19,28,31,36,49H,1-4,10-11,20-27,29H2,(H,47,56)(H2,48,50,58)(H,51,55,57). The molecule has 0 aliphatic carbocycles. The number of imide groups is 1. The second-order valence-corrected chi connectivity index (χ2v) is 14.9. The fraction of sp³-hybridized carbons (Fsp3) is 0.419. The number of halogens is 3. The molecule has 1 aromatic heterocycles. The van der Waals surface area contributed by atoms with Crippen LogP contribution in [0.2, 0.25) is 0 Å². The van der Waals surface area contributed by atoms with Gasteiger partial charge in [-0.15, -0.1) is 0 Å². The molecular weight excluding hydrogens is 750 g/mol. The number of rotatable bonds is 17. The number of para-hydroxylation sites is 1. The summed E-state index contributed by atoms with van der Waals surface area (Å²) < 4.78 is 41.6. The Kier molecular flexibility index (Phi) is 14.5. The van der Waals surface area contributed by atoms with Gasteiger partial charge in [-0.1, -0.05) is 74.2 Å². The van der Waals surface area contributed by atoms with E-state index in [1.807, 2.05) is 18.2 Å². The summed E-state index contributed by atoms with van der Waals surface area (Å²) in [6, 6.07) is 22.6. The zero-order valence-corrected chi connectivity index (χ0v) is 32.5. The van der Waals surface area contributed by atoms with Gasteiger partial charge in [-0.05, 0) is 99.1 Å². The molecule has 1 unspecified atom stereocenters. The van der Waals surface area contributed by atoms with Gasteiger partial charge in [-0.25, -0.2) is 9.48 Å². The van der Waals surface area contributed by atoms with Crippen LogP contribution in [0.15, 0.2) is 84.9 Å². The van der Waals surface area contributed by atoms with Crippen molar-refractivity contribution in [2.75, 3.05) is 36.8 Å². The monoisotopic (exact) mass is 800 g/mol. The van der Waals surface area contributed by atoms with Crippen molar-refractivity contribution < 1.29 is 32.3 Å². The number of likely N-dealkylation sites (tertiary alicyclic amines) is 1. The third kappa shape index (κ3) is 11.9. The molecule has 6 rings (SSSR count). The van der Waals surface area contributed by atoms with Gasteiger partial charge in [-0.2, -0.15) is 18.3 Å². The van der Waals surface area contributed by atoms with Gasteiger partial charge in [0.2, 0.25) is 11.8 Å². The van der Waals surface area contributed by atoms with E-state index in [0.717, 1.165) is 82.8 Å². The molecule has 15 heteroatoms. The highest BCUT2D eigenvalue weighted by atomic mass is 19.4. The number of piperidine rings is 2. The molecule has 2 aliphatic rings. The van der Waals surface area contributed by atoms with Gasteiger partial charge in [0.15, 0.2) is 5.69 Å². The topological polar surface area (TPSA) is 149 Å². The molecule has 2 saturated heterocycles. The minimum atomic E-state index is -4.55. The Labute approximate surface area is 336 Å². The quantitative estimate of drug-likeness (QED) is 0.0553. The molecule has 3 heterocycles. The molecule has 0 spiro atoms. The Morgan fingerprint density at radius 3 is 2.22 bits per heavy atom. The summed E-state index contributed by atoms with van der Waals surface area (Å²) in [7, 11) is 0. The van der Waals surface area contributed by atoms with E-state index in [2.05, 4.69) is 48.7 Å². The van der Waals surface area contributed by atoms with E-state index in [1.165, 1.54) is 34.5 Å². The summed E-state index contributed by atoms with van der Waals surface area (Å²) in [5.41, 5.74) is 2.01. The highest BCUT2D eigenvalue weighted by Crippen LogP contribution is 2.32. The SMILES string of the molecule is O=C1CCC(Nc2ccc(C3CCN(CCCCCCCCNC(=O)c4cc(NC(=O)NCc5ccccc5C(F)(F)F)n(-c5ccccc5)n4)CC3)cc2)C(=O)N1. The number of benzene rings is 3. The maximum Gasteiger partial charge on any atom is 0.416 e. The van der Waals surface area contributed by atoms with Gasteiger partial charge in [0.25, 0.3) is 5.91 Å². The van der Waals surface area contributed by atoms with Crippen molar-refractivity contribution >= 4 is 35.3 Å². The minimum Gasteiger partial charge on any atom is -0.374 e. The van der Waals surface area contributed by atoms with Gasteiger partial charge in [0, 0.05) is 31.3 Å². The molecule has 2 aliphatic heterocycles. The lowest BCUT2D eigenvalue weighted by Gasteiger charge is -2.32. The molecule has 5 N–H and O–H groups in total. The lowest BCUT2D eigenvalue weighted by atomic mass is 9.89. The van der Waals surface area contributed by atoms with Crippen molar-refractivity contribution in [2.24, 2.45) is 0 Å². The van der Waals surface area contributed by atoms with Crippen LogP contribution >= 0.6 is 0 Å². The summed E-state index contributed by atoms with van der Waals surface area (Å²) in [5, 5.41) is 18.1. The lowest BCUT2D eigenvalue weighted by Crippen LogP contribution is -2.47. The van der Waals surface area contributed by atoms with E-state index in [1.54, 1.807) is 24.3 Å². The average molecular weight is 801 g/mol. The summed E-state index contributed by atoms with van der Waals surface area (Å²) in [6.45, 7) is 3.39. The third-order valence-corrected chi connectivity index (χ3v) is 10.7. The predicted molar refractivity (Wildman–Crippen MR) is 216 cm³/mol. The summed E-state index contributed by atoms with van der Waals surface area (Å²) in [4.78, 5) is 51.9. The van der Waals surface area contributed by atoms with Gasteiger partial charge < -0.3 is 20.9 Å². The van der Waals surface area contributed by atoms with E-state index in [4.69, 9.17) is 0 Å². The first-order chi connectivity index (χ1) is 28.0. The fourth-order valence-corrected chi connectivity index (χ4v) is 7.47. The largest absolute Gasteiger partial charge is 0.416 e. The zero-order valence-electron chi connectivity index (χ0n) is 32.5. The second kappa shape index (κ2) is 20.1. The first-order valence-corrected chi connectivity index (χ1v) is 20.1. The average Bonchev–Trinajstić information content (AvgIpc) is 3.64. The van der Waals surface area contributed by atoms with E-state index < -0.39 is 17.8 Å². The number of hydrogen-bond acceptors (Lipinski definition) is 7. The number of nitrogens with zero attached hydrogens (tertiary/aromatic N) is 3. The Morgan fingerprint density at radius 1 is 0.810 bits per heavy atom. The van der Waals surface area contributed by atoms with Crippen LogP contribution in [0.3, 0.4) is 0 Å². The normalized spacial score (nSPS) is 16.4. The Hall–Kier alpha value is -5.70. The molecule has 12 nitrogen and oxygen atoms in total. The third-order valence-electron chi connectivity index (χ3n) is 10.7. The first kappa shape index (κ1) is 41.9. The van der Waals surface area contributed by atoms with E-state index >= 15 is 0 Å². The van der Waals surface area contributed by atoms with Crippen molar-refractivity contribution in [3.05, 3.63) is 107 Å². The van der Waals surface area contributed by atoms with Crippen molar-refractivity contribution in [3.63, 3.8) is 0 Å². The molecule has 308 valence electrons. The Bertz CT molecular complexity index is 2000. The van der Waals surface area contributed by atoms with Crippen LogP contribution in [-0.2, 0) is 22.3 Å². The molecule has 2 fully saturated rings. The number of alkyl halides is 3. The molecule has 0 saturated carbocycles. The molecular formula is C43H51F3N8O4. The predicted octanol–water partition coefficient (Wildman–Crippen LogP) is 7.38. The molecule has 1 atom stereocenters. The van der Waals surface area contributed by atoms with Crippen LogP contribution in [-0.4, -0.2) is 70.7 Å². The summed E-state index contributed by atoms with van der Waals surface area (Å²) in [5.74, 6) is -0.155. The second-order valence-electron chi connectivity index (χ2n) is 14.9. The maximum absolute atomic E-state index is 13.4. The number of unbranched alkanes of at least 4 members (excludes halogenated alkanes) is 5. The smallest absolute Gasteiger partial charge is 0.374 e. The van der Waals surface area contributed by atoms with Gasteiger partial charge >= 0.3 is 12.2 Å². The first-order valence-electron chi connectivity index (χ1n) is 20.1. The maximum atomic E-state index is 13.4. The van der Waals surface area contributed by atoms with E-state index in [9.17, 15) is 32.3 Å². The lowest BCUT2D eigenvalue weighted by molar-refractivity contribution is -0.138. The van der Waals surface area contributed by atoms with Crippen LogP contribution in [0.5, 0.6) is 0 Å². The van der Waals surface area contributed by atoms with E-state index in [0.29, 0.717) is 31.0 Å². The van der Waals surface area contributed by atoms with Crippen molar-refractivity contribution in [1.29, 1.82) is 0 Å². The zero-order chi connectivity index (χ0) is 40.9. The van der Waals surface area contributed by atoms with Gasteiger partial charge in [0.1, 0.15) is 11.9 Å². The van der Waals surface area contributed by atoms with Crippen LogP contribution < -0.4 is 26.6 Å². The van der Waals surface area contributed by atoms with Crippen molar-refractivity contribution in [1.82, 2.24) is 30.6 Å². The van der Waals surface area contributed by atoms with Crippen molar-refractivity contribution in [3.8, 4) is 5.69 Å². The van der Waals surface area contributed by atoms with Crippen LogP contribution in [0.4, 0.5) is 29.5 Å². The number of urea groups is 1. The molecule has 0 radical (unpaired) electrons. The van der Waals surface area contributed by atoms with Crippen LogP contribution in [0, 0.1) is 0 Å². The molecule has 4 aromatic rings. The highest BCUT2D eigenvalue weighted by Gasteiger charge is 2.33. The van der Waals surface area contributed by atoms with Crippen LogP contribution in [0.1, 0.15) is 97.3 Å². The molecule has 58 heavy (non-hydrogen) atoms. The number of carbonyl (C=O) groups is 4. The Balaban J connectivity index is 0.854. The number of hydrogen-bond donors (Lipinski definition) is 5. The number of anilines is 2. The fourth-order valence-electron chi connectivity index (χ4n) is 7.47. The number of amides is 5. The number of aromatic nitrogens is 2. The van der Waals surface area contributed by atoms with Crippen molar-refractivity contribution in [2.45, 2.75) is 88.9 Å². The van der Waals surface area contributed by atoms with Gasteiger partial charge in [-0.3, -0.25) is 25.0 Å². The molecule has 3 aromatic carbocycles. The summed E-state index contributed by atoms with van der Waals surface area (Å²) in [6.07, 6.45) is 4.86. The van der Waals surface area contributed by atoms with E-state index in [-0.39, 0.29) is 47.4 Å². The molecule has 5 amide bonds. The summed E-state index contributed by atoms with van der Waals surface area (Å²) >= 11 is 0. The van der Waals surface area contributed by atoms with Crippen LogP contribution in [0.25, 0.3) is 5.69 Å². The Morgan fingerprint density at radius 2 is 1.50 bits per heavy atom.